The topological polar surface area (TPSA) is 58.4 Å². The standard InChI is InChI=1S/C32H32N4O2S/c1-22-10-8-14-25(18-22)31-29-30(24-12-4-3-5-13-24)33-36(26-15-9-11-23(2)19-26)32(29)35(28(38)21-39-31)20-27(37)34-16-6-7-17-34/h3-5,8-15,18-19,31H,6-7,16-17,20-21H2,1-2H3. The number of benzene rings is 3. The number of carbonyl (C=O) groups excluding carboxylic acids is 2. The van der Waals surface area contributed by atoms with E-state index >= 15 is 0 Å². The van der Waals surface area contributed by atoms with Crippen molar-refractivity contribution in [1.29, 1.82) is 0 Å². The van der Waals surface area contributed by atoms with Gasteiger partial charge in [0.25, 0.3) is 0 Å². The normalized spacial score (nSPS) is 17.3. The number of likely N-dealkylation sites (tertiary alicyclic amines) is 1. The van der Waals surface area contributed by atoms with Gasteiger partial charge in [-0.05, 0) is 49.9 Å². The van der Waals surface area contributed by atoms with Gasteiger partial charge in [0.05, 0.1) is 22.4 Å². The first kappa shape index (κ1) is 25.4. The minimum atomic E-state index is -0.121. The number of rotatable bonds is 5. The third-order valence-electron chi connectivity index (χ3n) is 7.48. The SMILES string of the molecule is Cc1cccc(C2SCC(=O)N(CC(=O)N3CCCC3)c3c2c(-c2ccccc2)nn3-c2cccc(C)c2)c1. The summed E-state index contributed by atoms with van der Waals surface area (Å²) in [7, 11) is 0. The quantitative estimate of drug-likeness (QED) is 0.316. The molecule has 1 saturated heterocycles. The predicted molar refractivity (Wildman–Crippen MR) is 157 cm³/mol. The lowest BCUT2D eigenvalue weighted by molar-refractivity contribution is -0.130. The average Bonchev–Trinajstić information content (AvgIpc) is 3.59. The number of anilines is 1. The van der Waals surface area contributed by atoms with Crippen LogP contribution in [0.15, 0.2) is 78.9 Å². The van der Waals surface area contributed by atoms with Gasteiger partial charge < -0.3 is 4.90 Å². The zero-order valence-electron chi connectivity index (χ0n) is 22.3. The van der Waals surface area contributed by atoms with Crippen LogP contribution in [0, 0.1) is 13.8 Å². The number of nitrogens with zero attached hydrogens (tertiary/aromatic N) is 4. The molecule has 6 nitrogen and oxygen atoms in total. The van der Waals surface area contributed by atoms with Crippen LogP contribution < -0.4 is 4.90 Å². The first-order valence-electron chi connectivity index (χ1n) is 13.5. The molecule has 2 aliphatic rings. The van der Waals surface area contributed by atoms with E-state index in [0.717, 1.165) is 59.6 Å². The molecule has 0 saturated carbocycles. The molecule has 198 valence electrons. The van der Waals surface area contributed by atoms with E-state index in [4.69, 9.17) is 5.10 Å². The summed E-state index contributed by atoms with van der Waals surface area (Å²) in [6.07, 6.45) is 2.02. The minimum Gasteiger partial charge on any atom is -0.341 e. The second-order valence-electron chi connectivity index (χ2n) is 10.4. The Morgan fingerprint density at radius 1 is 0.923 bits per heavy atom. The van der Waals surface area contributed by atoms with Crippen molar-refractivity contribution in [2.45, 2.75) is 31.9 Å². The van der Waals surface area contributed by atoms with Crippen molar-refractivity contribution in [2.24, 2.45) is 0 Å². The van der Waals surface area contributed by atoms with E-state index < -0.39 is 0 Å². The summed E-state index contributed by atoms with van der Waals surface area (Å²) in [4.78, 5) is 30.9. The highest BCUT2D eigenvalue weighted by Crippen LogP contribution is 2.48. The number of amides is 2. The van der Waals surface area contributed by atoms with Crippen LogP contribution in [0.1, 0.15) is 40.3 Å². The Bertz CT molecular complexity index is 1520. The van der Waals surface area contributed by atoms with E-state index in [1.54, 1.807) is 16.7 Å². The van der Waals surface area contributed by atoms with Crippen LogP contribution in [-0.2, 0) is 9.59 Å². The van der Waals surface area contributed by atoms with Gasteiger partial charge in [-0.2, -0.15) is 5.10 Å². The van der Waals surface area contributed by atoms with E-state index in [0.29, 0.717) is 5.82 Å². The van der Waals surface area contributed by atoms with Gasteiger partial charge >= 0.3 is 0 Å². The summed E-state index contributed by atoms with van der Waals surface area (Å²) < 4.78 is 1.88. The fraction of sp³-hybridized carbons (Fsp3) is 0.281. The molecule has 6 rings (SSSR count). The van der Waals surface area contributed by atoms with Crippen LogP contribution >= 0.6 is 11.8 Å². The molecule has 1 atom stereocenters. The van der Waals surface area contributed by atoms with Crippen LogP contribution in [0.4, 0.5) is 5.82 Å². The van der Waals surface area contributed by atoms with Gasteiger partial charge in [-0.3, -0.25) is 14.5 Å². The summed E-state index contributed by atoms with van der Waals surface area (Å²) in [5.74, 6) is 0.887. The van der Waals surface area contributed by atoms with Crippen LogP contribution in [0.5, 0.6) is 0 Å². The summed E-state index contributed by atoms with van der Waals surface area (Å²) in [6.45, 7) is 5.65. The molecule has 0 aliphatic carbocycles. The summed E-state index contributed by atoms with van der Waals surface area (Å²) in [5.41, 5.74) is 7.05. The third kappa shape index (κ3) is 4.99. The van der Waals surface area contributed by atoms with E-state index in [1.165, 1.54) is 5.56 Å². The van der Waals surface area contributed by atoms with Crippen LogP contribution in [-0.4, -0.2) is 51.9 Å². The molecule has 1 aromatic heterocycles. The highest BCUT2D eigenvalue weighted by molar-refractivity contribution is 8.00. The maximum Gasteiger partial charge on any atom is 0.242 e. The van der Waals surface area contributed by atoms with Gasteiger partial charge in [0.1, 0.15) is 12.4 Å². The number of thioether (sulfide) groups is 1. The van der Waals surface area contributed by atoms with Crippen LogP contribution in [0.25, 0.3) is 16.9 Å². The van der Waals surface area contributed by atoms with Gasteiger partial charge in [-0.25, -0.2) is 4.68 Å². The predicted octanol–water partition coefficient (Wildman–Crippen LogP) is 5.95. The van der Waals surface area contributed by atoms with E-state index in [1.807, 2.05) is 39.9 Å². The number of carbonyl (C=O) groups is 2. The smallest absolute Gasteiger partial charge is 0.242 e. The maximum absolute atomic E-state index is 13.9. The average molecular weight is 537 g/mol. The number of fused-ring (bicyclic) bond motifs is 1. The Labute approximate surface area is 233 Å². The van der Waals surface area contributed by atoms with Gasteiger partial charge in [0.15, 0.2) is 0 Å². The number of hydrogen-bond acceptors (Lipinski definition) is 4. The van der Waals surface area contributed by atoms with Gasteiger partial charge in [-0.15, -0.1) is 11.8 Å². The molecule has 0 spiro atoms. The zero-order valence-corrected chi connectivity index (χ0v) is 23.2. The molecule has 0 N–H and O–H groups in total. The first-order chi connectivity index (χ1) is 19.0. The van der Waals surface area contributed by atoms with E-state index in [2.05, 4.69) is 62.4 Å². The van der Waals surface area contributed by atoms with Gasteiger partial charge in [0, 0.05) is 24.2 Å². The second kappa shape index (κ2) is 10.7. The molecule has 0 bridgehead atoms. The van der Waals surface area contributed by atoms with Crippen molar-refractivity contribution < 1.29 is 9.59 Å². The lowest BCUT2D eigenvalue weighted by Crippen LogP contribution is -2.43. The lowest BCUT2D eigenvalue weighted by atomic mass is 9.98. The van der Waals surface area contributed by atoms with Gasteiger partial charge in [0.2, 0.25) is 11.8 Å². The molecule has 3 heterocycles. The Kier molecular flexibility index (Phi) is 7.00. The highest BCUT2D eigenvalue weighted by atomic mass is 32.2. The van der Waals surface area contributed by atoms with Crippen molar-refractivity contribution in [3.8, 4) is 16.9 Å². The lowest BCUT2D eigenvalue weighted by Gasteiger charge is -2.25. The van der Waals surface area contributed by atoms with E-state index in [9.17, 15) is 9.59 Å². The zero-order chi connectivity index (χ0) is 26.9. The largest absolute Gasteiger partial charge is 0.341 e. The summed E-state index contributed by atoms with van der Waals surface area (Å²) in [5, 5.41) is 5.07. The molecular formula is C32H32N4O2S. The third-order valence-corrected chi connectivity index (χ3v) is 8.73. The summed E-state index contributed by atoms with van der Waals surface area (Å²) >= 11 is 1.61. The molecular weight excluding hydrogens is 504 g/mol. The Morgan fingerprint density at radius 3 is 2.36 bits per heavy atom. The second-order valence-corrected chi connectivity index (χ2v) is 11.5. The number of aryl methyl sites for hydroxylation is 2. The van der Waals surface area contributed by atoms with Crippen molar-refractivity contribution in [3.63, 3.8) is 0 Å². The highest BCUT2D eigenvalue weighted by Gasteiger charge is 2.38. The molecule has 1 fully saturated rings. The molecule has 2 aliphatic heterocycles. The molecule has 2 amide bonds. The van der Waals surface area contributed by atoms with Crippen molar-refractivity contribution in [1.82, 2.24) is 14.7 Å². The Hall–Kier alpha value is -3.84. The van der Waals surface area contributed by atoms with Crippen molar-refractivity contribution >= 4 is 29.4 Å². The first-order valence-corrected chi connectivity index (χ1v) is 14.6. The fourth-order valence-corrected chi connectivity index (χ4v) is 6.75. The monoisotopic (exact) mass is 536 g/mol. The maximum atomic E-state index is 13.9. The molecule has 3 aromatic carbocycles. The van der Waals surface area contributed by atoms with Crippen molar-refractivity contribution in [3.05, 3.63) is 101 Å². The summed E-state index contributed by atoms with van der Waals surface area (Å²) in [6, 6.07) is 26.8. The van der Waals surface area contributed by atoms with E-state index in [-0.39, 0.29) is 29.4 Å². The van der Waals surface area contributed by atoms with Crippen molar-refractivity contribution in [2.75, 3.05) is 30.3 Å². The number of aromatic nitrogens is 2. The Morgan fingerprint density at radius 2 is 1.64 bits per heavy atom. The minimum absolute atomic E-state index is 0.0101. The van der Waals surface area contributed by atoms with Crippen LogP contribution in [0.3, 0.4) is 0 Å². The molecule has 1 unspecified atom stereocenters. The Balaban J connectivity index is 1.61. The van der Waals surface area contributed by atoms with Gasteiger partial charge in [-0.1, -0.05) is 72.3 Å². The molecule has 7 heteroatoms. The van der Waals surface area contributed by atoms with Crippen LogP contribution in [0.2, 0.25) is 0 Å². The fourth-order valence-electron chi connectivity index (χ4n) is 5.57. The molecule has 0 radical (unpaired) electrons. The molecule has 4 aromatic rings. The number of hydrogen-bond donors (Lipinski definition) is 0. The molecule has 39 heavy (non-hydrogen) atoms.